The van der Waals surface area contributed by atoms with Crippen LogP contribution in [0.15, 0.2) is 0 Å². The third-order valence-corrected chi connectivity index (χ3v) is 4.10. The second-order valence-electron chi connectivity index (χ2n) is 4.60. The summed E-state index contributed by atoms with van der Waals surface area (Å²) in [6.07, 6.45) is 2.51. The number of nitrogens with zero attached hydrogens (tertiary/aromatic N) is 1. The van der Waals surface area contributed by atoms with E-state index in [0.717, 1.165) is 6.42 Å². The Morgan fingerprint density at radius 2 is 2.32 bits per heavy atom. The van der Waals surface area contributed by atoms with Gasteiger partial charge < -0.3 is 20.1 Å². The average molecular weight is 290 g/mol. The van der Waals surface area contributed by atoms with Crippen LogP contribution in [0, 0.1) is 0 Å². The molecule has 0 aromatic rings. The molecule has 7 heteroatoms. The number of aliphatic carboxylic acids is 1. The third-order valence-electron chi connectivity index (χ3n) is 3.06. The highest BCUT2D eigenvalue weighted by molar-refractivity contribution is 7.99. The minimum Gasteiger partial charge on any atom is -0.481 e. The zero-order chi connectivity index (χ0) is 14.3. The van der Waals surface area contributed by atoms with Crippen LogP contribution in [-0.4, -0.2) is 65.9 Å². The first kappa shape index (κ1) is 16.1. The highest BCUT2D eigenvalue weighted by atomic mass is 32.2. The standard InChI is InChI=1S/C12H22N2O4S/c1-9(19-2)3-4-13-12(17)14-5-6-18-10(8-14)7-11(15)16/h9-10H,3-8H2,1-2H3,(H,13,17)(H,15,16). The highest BCUT2D eigenvalue weighted by Gasteiger charge is 2.25. The molecule has 1 aliphatic heterocycles. The van der Waals surface area contributed by atoms with Crippen molar-refractivity contribution in [2.24, 2.45) is 0 Å². The lowest BCUT2D eigenvalue weighted by molar-refractivity contribution is -0.141. The Bertz CT molecular complexity index is 314. The topological polar surface area (TPSA) is 78.9 Å². The Hall–Kier alpha value is -0.950. The number of thioether (sulfide) groups is 1. The fourth-order valence-corrected chi connectivity index (χ4v) is 2.19. The molecule has 0 aromatic carbocycles. The monoisotopic (exact) mass is 290 g/mol. The average Bonchev–Trinajstić information content (AvgIpc) is 2.37. The summed E-state index contributed by atoms with van der Waals surface area (Å²) in [6.45, 7) is 4.01. The number of rotatable bonds is 6. The van der Waals surface area contributed by atoms with E-state index < -0.39 is 12.1 Å². The first-order valence-electron chi connectivity index (χ1n) is 6.42. The second-order valence-corrected chi connectivity index (χ2v) is 5.88. The Kier molecular flexibility index (Phi) is 7.01. The number of hydrogen-bond acceptors (Lipinski definition) is 4. The van der Waals surface area contributed by atoms with Crippen molar-refractivity contribution in [3.05, 3.63) is 0 Å². The molecule has 1 aliphatic rings. The molecule has 110 valence electrons. The van der Waals surface area contributed by atoms with Crippen molar-refractivity contribution in [1.29, 1.82) is 0 Å². The zero-order valence-electron chi connectivity index (χ0n) is 11.4. The van der Waals surface area contributed by atoms with Crippen LogP contribution in [0.5, 0.6) is 0 Å². The summed E-state index contributed by atoms with van der Waals surface area (Å²) in [4.78, 5) is 24.2. The van der Waals surface area contributed by atoms with Gasteiger partial charge in [0, 0.05) is 24.9 Å². The zero-order valence-corrected chi connectivity index (χ0v) is 12.2. The summed E-state index contributed by atoms with van der Waals surface area (Å²) in [7, 11) is 0. The fourth-order valence-electron chi connectivity index (χ4n) is 1.83. The molecule has 1 saturated heterocycles. The first-order chi connectivity index (χ1) is 9.02. The second kappa shape index (κ2) is 8.27. The van der Waals surface area contributed by atoms with Crippen LogP contribution in [-0.2, 0) is 9.53 Å². The molecule has 2 unspecified atom stereocenters. The van der Waals surface area contributed by atoms with Crippen molar-refractivity contribution < 1.29 is 19.4 Å². The third kappa shape index (κ3) is 6.15. The van der Waals surface area contributed by atoms with Gasteiger partial charge in [-0.05, 0) is 12.7 Å². The van der Waals surface area contributed by atoms with Gasteiger partial charge in [0.05, 0.1) is 19.1 Å². The minimum absolute atomic E-state index is 0.0622. The lowest BCUT2D eigenvalue weighted by Gasteiger charge is -2.32. The number of hydrogen-bond donors (Lipinski definition) is 2. The number of carbonyl (C=O) groups excluding carboxylic acids is 1. The molecule has 0 aliphatic carbocycles. The van der Waals surface area contributed by atoms with Gasteiger partial charge in [-0.1, -0.05) is 6.92 Å². The van der Waals surface area contributed by atoms with E-state index in [-0.39, 0.29) is 12.5 Å². The quantitative estimate of drug-likeness (QED) is 0.763. The van der Waals surface area contributed by atoms with Crippen molar-refractivity contribution in [2.75, 3.05) is 32.5 Å². The largest absolute Gasteiger partial charge is 0.481 e. The molecule has 2 atom stereocenters. The molecule has 1 fully saturated rings. The van der Waals surface area contributed by atoms with E-state index in [1.807, 2.05) is 6.26 Å². The van der Waals surface area contributed by atoms with Gasteiger partial charge in [0.2, 0.25) is 0 Å². The molecule has 2 amide bonds. The highest BCUT2D eigenvalue weighted by Crippen LogP contribution is 2.10. The number of carboxylic acids is 1. The SMILES string of the molecule is CSC(C)CCNC(=O)N1CCOC(CC(=O)O)C1. The number of carbonyl (C=O) groups is 2. The van der Waals surface area contributed by atoms with Gasteiger partial charge in [-0.25, -0.2) is 4.79 Å². The molecule has 0 spiro atoms. The van der Waals surface area contributed by atoms with Gasteiger partial charge in [0.1, 0.15) is 0 Å². The van der Waals surface area contributed by atoms with E-state index in [1.54, 1.807) is 16.7 Å². The number of nitrogens with one attached hydrogen (secondary N) is 1. The summed E-state index contributed by atoms with van der Waals surface area (Å²) >= 11 is 1.77. The Morgan fingerprint density at radius 3 is 2.95 bits per heavy atom. The van der Waals surface area contributed by atoms with E-state index in [0.29, 0.717) is 31.5 Å². The Balaban J connectivity index is 2.29. The Morgan fingerprint density at radius 1 is 1.58 bits per heavy atom. The summed E-state index contributed by atoms with van der Waals surface area (Å²) < 4.78 is 5.32. The first-order valence-corrected chi connectivity index (χ1v) is 7.70. The van der Waals surface area contributed by atoms with Gasteiger partial charge in [-0.2, -0.15) is 11.8 Å². The van der Waals surface area contributed by atoms with Crippen LogP contribution in [0.4, 0.5) is 4.79 Å². The van der Waals surface area contributed by atoms with Crippen LogP contribution in [0.2, 0.25) is 0 Å². The number of urea groups is 1. The van der Waals surface area contributed by atoms with Gasteiger partial charge in [0.25, 0.3) is 0 Å². The summed E-state index contributed by atoms with van der Waals surface area (Å²) in [5.41, 5.74) is 0. The maximum atomic E-state index is 11.9. The summed E-state index contributed by atoms with van der Waals surface area (Å²) in [5.74, 6) is -0.902. The van der Waals surface area contributed by atoms with E-state index in [4.69, 9.17) is 9.84 Å². The predicted octanol–water partition coefficient (Wildman–Crippen LogP) is 1.01. The maximum absolute atomic E-state index is 11.9. The van der Waals surface area contributed by atoms with Crippen molar-refractivity contribution in [2.45, 2.75) is 31.1 Å². The molecule has 2 N–H and O–H groups in total. The van der Waals surface area contributed by atoms with E-state index in [2.05, 4.69) is 12.2 Å². The molecule has 0 saturated carbocycles. The molecule has 0 radical (unpaired) electrons. The van der Waals surface area contributed by atoms with E-state index in [1.165, 1.54) is 0 Å². The smallest absolute Gasteiger partial charge is 0.317 e. The molecular weight excluding hydrogens is 268 g/mol. The van der Waals surface area contributed by atoms with Crippen molar-refractivity contribution in [3.8, 4) is 0 Å². The number of morpholine rings is 1. The maximum Gasteiger partial charge on any atom is 0.317 e. The molecular formula is C12H22N2O4S. The van der Waals surface area contributed by atoms with Crippen LogP contribution >= 0.6 is 11.8 Å². The molecule has 19 heavy (non-hydrogen) atoms. The normalized spacial score (nSPS) is 20.9. The van der Waals surface area contributed by atoms with Crippen LogP contribution < -0.4 is 5.32 Å². The van der Waals surface area contributed by atoms with Crippen LogP contribution in [0.1, 0.15) is 19.8 Å². The summed E-state index contributed by atoms with van der Waals surface area (Å²) in [6, 6.07) is -0.132. The molecule has 0 bridgehead atoms. The molecule has 6 nitrogen and oxygen atoms in total. The minimum atomic E-state index is -0.902. The van der Waals surface area contributed by atoms with Gasteiger partial charge in [0.15, 0.2) is 0 Å². The number of carboxylic acid groups (broad SMARTS) is 1. The van der Waals surface area contributed by atoms with Crippen LogP contribution in [0.3, 0.4) is 0 Å². The molecule has 1 heterocycles. The van der Waals surface area contributed by atoms with Crippen molar-refractivity contribution in [3.63, 3.8) is 0 Å². The molecule has 0 aromatic heterocycles. The van der Waals surface area contributed by atoms with Gasteiger partial charge in [-0.15, -0.1) is 0 Å². The molecule has 1 rings (SSSR count). The van der Waals surface area contributed by atoms with Crippen LogP contribution in [0.25, 0.3) is 0 Å². The number of amides is 2. The lowest BCUT2D eigenvalue weighted by atomic mass is 10.2. The van der Waals surface area contributed by atoms with Gasteiger partial charge >= 0.3 is 12.0 Å². The van der Waals surface area contributed by atoms with Gasteiger partial charge in [-0.3, -0.25) is 4.79 Å². The summed E-state index contributed by atoms with van der Waals surface area (Å²) in [5, 5.41) is 12.1. The van der Waals surface area contributed by atoms with E-state index >= 15 is 0 Å². The lowest BCUT2D eigenvalue weighted by Crippen LogP contribution is -2.50. The van der Waals surface area contributed by atoms with Crippen molar-refractivity contribution >= 4 is 23.8 Å². The van der Waals surface area contributed by atoms with E-state index in [9.17, 15) is 9.59 Å². The Labute approximate surface area is 117 Å². The number of ether oxygens (including phenoxy) is 1. The van der Waals surface area contributed by atoms with Crippen molar-refractivity contribution in [1.82, 2.24) is 10.2 Å². The predicted molar refractivity (Wildman–Crippen MR) is 74.6 cm³/mol. The fraction of sp³-hybridized carbons (Fsp3) is 0.833.